The first-order chi connectivity index (χ1) is 7.20. The largest absolute Gasteiger partial charge is 0.469 e. The van der Waals surface area contributed by atoms with E-state index in [1.54, 1.807) is 22.7 Å². The van der Waals surface area contributed by atoms with Gasteiger partial charge in [-0.2, -0.15) is 0 Å². The number of pyridine rings is 1. The van der Waals surface area contributed by atoms with E-state index in [4.69, 9.17) is 11.6 Å². The third-order valence-electron chi connectivity index (χ3n) is 1.97. The van der Waals surface area contributed by atoms with E-state index < -0.39 is 0 Å². The number of carbonyl (C=O) groups is 1. The van der Waals surface area contributed by atoms with E-state index in [0.717, 1.165) is 0 Å². The molecule has 6 heteroatoms. The molecule has 0 N–H and O–H groups in total. The maximum absolute atomic E-state index is 11.1. The van der Waals surface area contributed by atoms with Gasteiger partial charge in [0.2, 0.25) is 0 Å². The van der Waals surface area contributed by atoms with Gasteiger partial charge in [-0.1, -0.05) is 11.6 Å². The molecule has 0 aliphatic rings. The maximum atomic E-state index is 11.1. The van der Waals surface area contributed by atoms with E-state index in [9.17, 15) is 4.79 Å². The molecule has 2 aromatic rings. The molecule has 2 heterocycles. The van der Waals surface area contributed by atoms with Crippen molar-refractivity contribution in [2.24, 2.45) is 0 Å². The number of rotatable bonds is 2. The Labute approximate surface area is 90.6 Å². The van der Waals surface area contributed by atoms with Gasteiger partial charge in [-0.15, -0.1) is 10.2 Å². The van der Waals surface area contributed by atoms with Crippen LogP contribution in [0.5, 0.6) is 0 Å². The number of halogens is 1. The van der Waals surface area contributed by atoms with Gasteiger partial charge in [0.1, 0.15) is 12.2 Å². The molecule has 0 atom stereocenters. The van der Waals surface area contributed by atoms with E-state index in [-0.39, 0.29) is 12.4 Å². The smallest absolute Gasteiger partial charge is 0.313 e. The Morgan fingerprint density at radius 3 is 3.07 bits per heavy atom. The zero-order chi connectivity index (χ0) is 10.8. The molecule has 0 radical (unpaired) electrons. The van der Waals surface area contributed by atoms with Crippen molar-refractivity contribution in [2.45, 2.75) is 6.42 Å². The molecule has 0 aliphatic heterocycles. The molecule has 2 rings (SSSR count). The van der Waals surface area contributed by atoms with Crippen LogP contribution in [-0.4, -0.2) is 27.7 Å². The Morgan fingerprint density at radius 2 is 2.33 bits per heavy atom. The van der Waals surface area contributed by atoms with Gasteiger partial charge in [0.25, 0.3) is 0 Å². The van der Waals surface area contributed by atoms with Crippen LogP contribution in [0.25, 0.3) is 5.65 Å². The fourth-order valence-corrected chi connectivity index (χ4v) is 1.39. The molecule has 0 aromatic carbocycles. The summed E-state index contributed by atoms with van der Waals surface area (Å²) in [4.78, 5) is 11.1. The summed E-state index contributed by atoms with van der Waals surface area (Å²) < 4.78 is 6.22. The first-order valence-electron chi connectivity index (χ1n) is 4.26. The van der Waals surface area contributed by atoms with Crippen molar-refractivity contribution >= 4 is 23.2 Å². The van der Waals surface area contributed by atoms with E-state index in [1.165, 1.54) is 7.11 Å². The lowest BCUT2D eigenvalue weighted by Crippen LogP contribution is -2.07. The number of nitrogens with zero attached hydrogens (tertiary/aromatic N) is 3. The van der Waals surface area contributed by atoms with Gasteiger partial charge in [0.15, 0.2) is 5.65 Å². The summed E-state index contributed by atoms with van der Waals surface area (Å²) in [6.07, 6.45) is 1.74. The summed E-state index contributed by atoms with van der Waals surface area (Å²) in [5, 5.41) is 8.33. The lowest BCUT2D eigenvalue weighted by atomic mass is 10.4. The molecule has 2 aromatic heterocycles. The van der Waals surface area contributed by atoms with Crippen LogP contribution in [0.4, 0.5) is 0 Å². The van der Waals surface area contributed by atoms with Crippen molar-refractivity contribution in [3.63, 3.8) is 0 Å². The van der Waals surface area contributed by atoms with E-state index in [0.29, 0.717) is 16.5 Å². The van der Waals surface area contributed by atoms with Crippen molar-refractivity contribution in [1.29, 1.82) is 0 Å². The normalized spacial score (nSPS) is 10.5. The fourth-order valence-electron chi connectivity index (χ4n) is 1.23. The SMILES string of the molecule is COC(=O)Cc1nnc2ccc(Cl)cn12. The molecule has 5 nitrogen and oxygen atoms in total. The summed E-state index contributed by atoms with van der Waals surface area (Å²) in [6.45, 7) is 0. The Bertz CT molecular complexity index is 509. The molecule has 0 unspecified atom stereocenters. The molecule has 78 valence electrons. The molecule has 0 saturated heterocycles. The quantitative estimate of drug-likeness (QED) is 0.719. The minimum Gasteiger partial charge on any atom is -0.469 e. The van der Waals surface area contributed by atoms with Gasteiger partial charge in [-0.3, -0.25) is 9.20 Å². The van der Waals surface area contributed by atoms with Gasteiger partial charge in [0.05, 0.1) is 12.1 Å². The van der Waals surface area contributed by atoms with Gasteiger partial charge < -0.3 is 4.74 Å². The van der Waals surface area contributed by atoms with Crippen LogP contribution < -0.4 is 0 Å². The Hall–Kier alpha value is -1.62. The first-order valence-corrected chi connectivity index (χ1v) is 4.64. The minimum atomic E-state index is -0.357. The van der Waals surface area contributed by atoms with Crippen molar-refractivity contribution in [2.75, 3.05) is 7.11 Å². The number of hydrogen-bond acceptors (Lipinski definition) is 4. The summed E-state index contributed by atoms with van der Waals surface area (Å²) >= 11 is 5.83. The summed E-state index contributed by atoms with van der Waals surface area (Å²) in [5.74, 6) is 0.156. The third kappa shape index (κ3) is 1.92. The number of carbonyl (C=O) groups excluding carboxylic acids is 1. The molecular formula is C9H8ClN3O2. The molecule has 0 aliphatic carbocycles. The molecule has 0 fully saturated rings. The zero-order valence-corrected chi connectivity index (χ0v) is 8.73. The van der Waals surface area contributed by atoms with Crippen LogP contribution in [0.15, 0.2) is 18.3 Å². The average molecular weight is 226 g/mol. The molecule has 0 saturated carbocycles. The second kappa shape index (κ2) is 3.86. The number of fused-ring (bicyclic) bond motifs is 1. The van der Waals surface area contributed by atoms with E-state index in [2.05, 4.69) is 14.9 Å². The van der Waals surface area contributed by atoms with Crippen molar-refractivity contribution in [3.05, 3.63) is 29.2 Å². The predicted octanol–water partition coefficient (Wildman–Crippen LogP) is 1.10. The highest BCUT2D eigenvalue weighted by Crippen LogP contribution is 2.11. The minimum absolute atomic E-state index is 0.0814. The van der Waals surface area contributed by atoms with Gasteiger partial charge in [0, 0.05) is 6.20 Å². The van der Waals surface area contributed by atoms with Gasteiger partial charge in [-0.05, 0) is 12.1 Å². The molecule has 0 amide bonds. The number of hydrogen-bond donors (Lipinski definition) is 0. The van der Waals surface area contributed by atoms with Crippen molar-refractivity contribution in [3.8, 4) is 0 Å². The number of ether oxygens (including phenoxy) is 1. The third-order valence-corrected chi connectivity index (χ3v) is 2.19. The van der Waals surface area contributed by atoms with Gasteiger partial charge >= 0.3 is 5.97 Å². The zero-order valence-electron chi connectivity index (χ0n) is 7.98. The Morgan fingerprint density at radius 1 is 1.53 bits per heavy atom. The maximum Gasteiger partial charge on any atom is 0.313 e. The van der Waals surface area contributed by atoms with Crippen LogP contribution in [-0.2, 0) is 16.0 Å². The lowest BCUT2D eigenvalue weighted by Gasteiger charge is -1.98. The van der Waals surface area contributed by atoms with Crippen molar-refractivity contribution < 1.29 is 9.53 Å². The topological polar surface area (TPSA) is 56.5 Å². The first kappa shape index (κ1) is 9.92. The lowest BCUT2D eigenvalue weighted by molar-refractivity contribution is -0.139. The van der Waals surface area contributed by atoms with Crippen LogP contribution in [0.2, 0.25) is 5.02 Å². The van der Waals surface area contributed by atoms with Crippen molar-refractivity contribution in [1.82, 2.24) is 14.6 Å². The number of methoxy groups -OCH3 is 1. The average Bonchev–Trinajstić information content (AvgIpc) is 2.61. The molecule has 0 bridgehead atoms. The summed E-state index contributed by atoms with van der Waals surface area (Å²) in [5.41, 5.74) is 0.651. The van der Waals surface area contributed by atoms with Crippen LogP contribution >= 0.6 is 11.6 Å². The molecular weight excluding hydrogens is 218 g/mol. The monoisotopic (exact) mass is 225 g/mol. The second-order valence-electron chi connectivity index (χ2n) is 2.94. The van der Waals surface area contributed by atoms with Gasteiger partial charge in [-0.25, -0.2) is 0 Å². The van der Waals surface area contributed by atoms with Crippen LogP contribution in [0.3, 0.4) is 0 Å². The highest BCUT2D eigenvalue weighted by atomic mass is 35.5. The molecule has 15 heavy (non-hydrogen) atoms. The van der Waals surface area contributed by atoms with E-state index in [1.807, 2.05) is 0 Å². The van der Waals surface area contributed by atoms with E-state index >= 15 is 0 Å². The standard InChI is InChI=1S/C9H8ClN3O2/c1-15-9(14)4-8-12-11-7-3-2-6(10)5-13(7)8/h2-3,5H,4H2,1H3. The van der Waals surface area contributed by atoms with Crippen LogP contribution in [0, 0.1) is 0 Å². The highest BCUT2D eigenvalue weighted by molar-refractivity contribution is 6.30. The summed E-state index contributed by atoms with van der Waals surface area (Å²) in [7, 11) is 1.33. The Kier molecular flexibility index (Phi) is 2.55. The van der Waals surface area contributed by atoms with Crippen LogP contribution in [0.1, 0.15) is 5.82 Å². The Balaban J connectivity index is 2.43. The fraction of sp³-hybridized carbons (Fsp3) is 0.222. The molecule has 0 spiro atoms. The number of esters is 1. The number of aromatic nitrogens is 3. The highest BCUT2D eigenvalue weighted by Gasteiger charge is 2.10. The predicted molar refractivity (Wildman–Crippen MR) is 53.7 cm³/mol. The summed E-state index contributed by atoms with van der Waals surface area (Å²) in [6, 6.07) is 3.45. The second-order valence-corrected chi connectivity index (χ2v) is 3.38.